The highest BCUT2D eigenvalue weighted by molar-refractivity contribution is 5.74. The van der Waals surface area contributed by atoms with E-state index in [2.05, 4.69) is 0 Å². The number of primary amides is 1. The Morgan fingerprint density at radius 1 is 1.45 bits per heavy atom. The summed E-state index contributed by atoms with van der Waals surface area (Å²) in [6, 6.07) is 2.91. The number of ether oxygens (including phenoxy) is 1. The number of anilines is 2. The molecule has 1 aromatic rings. The molecule has 5 nitrogen and oxygen atoms in total. The standard InChI is InChI=1S/C14H20FN3O2/c1-20-13-8-12(10(15)7-11(13)16)18-4-2-9(3-5-18)6-14(17)19/h7-9H,2-6,16H2,1H3,(H2,17,19). The van der Waals surface area contributed by atoms with Crippen LogP contribution >= 0.6 is 0 Å². The molecule has 0 atom stereocenters. The minimum absolute atomic E-state index is 0.274. The molecule has 1 fully saturated rings. The van der Waals surface area contributed by atoms with Crippen molar-refractivity contribution in [3.05, 3.63) is 17.9 Å². The number of piperidine rings is 1. The van der Waals surface area contributed by atoms with Gasteiger partial charge in [0.05, 0.1) is 18.5 Å². The summed E-state index contributed by atoms with van der Waals surface area (Å²) in [6.07, 6.45) is 2.06. The number of hydrogen-bond acceptors (Lipinski definition) is 4. The average molecular weight is 281 g/mol. The third-order valence-electron chi connectivity index (χ3n) is 3.74. The zero-order valence-corrected chi connectivity index (χ0v) is 11.6. The molecule has 0 saturated carbocycles. The Morgan fingerprint density at radius 2 is 2.10 bits per heavy atom. The summed E-state index contributed by atoms with van der Waals surface area (Å²) in [4.78, 5) is 12.9. The normalized spacial score (nSPS) is 16.2. The van der Waals surface area contributed by atoms with Crippen LogP contribution in [0, 0.1) is 11.7 Å². The molecule has 2 rings (SSSR count). The van der Waals surface area contributed by atoms with Crippen LogP contribution in [0.1, 0.15) is 19.3 Å². The molecule has 4 N–H and O–H groups in total. The molecule has 20 heavy (non-hydrogen) atoms. The number of nitrogens with zero attached hydrogens (tertiary/aromatic N) is 1. The molecule has 0 bridgehead atoms. The fourth-order valence-corrected chi connectivity index (χ4v) is 2.64. The fourth-order valence-electron chi connectivity index (χ4n) is 2.64. The maximum absolute atomic E-state index is 14.0. The number of hydrogen-bond donors (Lipinski definition) is 2. The average Bonchev–Trinajstić information content (AvgIpc) is 2.39. The minimum atomic E-state index is -0.350. The largest absolute Gasteiger partial charge is 0.495 e. The number of nitrogens with two attached hydrogens (primary N) is 2. The predicted octanol–water partition coefficient (Wildman–Crippen LogP) is 1.51. The lowest BCUT2D eigenvalue weighted by Gasteiger charge is -2.33. The molecule has 6 heteroatoms. The molecule has 1 amide bonds. The first-order valence-corrected chi connectivity index (χ1v) is 6.67. The highest BCUT2D eigenvalue weighted by Crippen LogP contribution is 2.33. The fraction of sp³-hybridized carbons (Fsp3) is 0.500. The highest BCUT2D eigenvalue weighted by Gasteiger charge is 2.23. The van der Waals surface area contributed by atoms with Gasteiger partial charge in [0, 0.05) is 31.6 Å². The molecular weight excluding hydrogens is 261 g/mol. The summed E-state index contributed by atoms with van der Waals surface area (Å²) in [5.74, 6) is 0.142. The zero-order chi connectivity index (χ0) is 14.7. The lowest BCUT2D eigenvalue weighted by atomic mass is 9.93. The third kappa shape index (κ3) is 3.12. The second-order valence-corrected chi connectivity index (χ2v) is 5.15. The van der Waals surface area contributed by atoms with Crippen molar-refractivity contribution in [1.29, 1.82) is 0 Å². The second kappa shape index (κ2) is 5.98. The Labute approximate surface area is 117 Å². The molecule has 0 aliphatic carbocycles. The molecule has 1 aromatic carbocycles. The van der Waals surface area contributed by atoms with Gasteiger partial charge in [-0.3, -0.25) is 4.79 Å². The van der Waals surface area contributed by atoms with Gasteiger partial charge in [-0.2, -0.15) is 0 Å². The minimum Gasteiger partial charge on any atom is -0.495 e. The van der Waals surface area contributed by atoms with Gasteiger partial charge in [0.1, 0.15) is 11.6 Å². The van der Waals surface area contributed by atoms with Gasteiger partial charge in [0.25, 0.3) is 0 Å². The van der Waals surface area contributed by atoms with Crippen LogP contribution in [-0.2, 0) is 4.79 Å². The number of rotatable bonds is 4. The number of benzene rings is 1. The molecule has 0 radical (unpaired) electrons. The quantitative estimate of drug-likeness (QED) is 0.820. The van der Waals surface area contributed by atoms with Crippen LogP contribution in [0.4, 0.5) is 15.8 Å². The van der Waals surface area contributed by atoms with Gasteiger partial charge in [-0.05, 0) is 18.8 Å². The lowest BCUT2D eigenvalue weighted by molar-refractivity contribution is -0.119. The number of nitrogen functional groups attached to an aromatic ring is 1. The van der Waals surface area contributed by atoms with Crippen LogP contribution in [0.3, 0.4) is 0 Å². The van der Waals surface area contributed by atoms with Crippen LogP contribution in [0.15, 0.2) is 12.1 Å². The molecule has 1 aliphatic rings. The van der Waals surface area contributed by atoms with Crippen LogP contribution in [0.2, 0.25) is 0 Å². The Balaban J connectivity index is 2.08. The zero-order valence-electron chi connectivity index (χ0n) is 11.6. The molecule has 1 saturated heterocycles. The highest BCUT2D eigenvalue weighted by atomic mass is 19.1. The van der Waals surface area contributed by atoms with E-state index >= 15 is 0 Å². The van der Waals surface area contributed by atoms with Crippen LogP contribution in [0.5, 0.6) is 5.75 Å². The molecule has 0 aromatic heterocycles. The molecular formula is C14H20FN3O2. The number of amides is 1. The topological polar surface area (TPSA) is 81.6 Å². The lowest BCUT2D eigenvalue weighted by Crippen LogP contribution is -2.35. The van der Waals surface area contributed by atoms with Crippen LogP contribution in [0.25, 0.3) is 0 Å². The van der Waals surface area contributed by atoms with E-state index in [4.69, 9.17) is 16.2 Å². The van der Waals surface area contributed by atoms with E-state index in [-0.39, 0.29) is 17.4 Å². The van der Waals surface area contributed by atoms with Gasteiger partial charge in [-0.1, -0.05) is 0 Å². The maximum Gasteiger partial charge on any atom is 0.217 e. The van der Waals surface area contributed by atoms with E-state index in [0.29, 0.717) is 36.9 Å². The van der Waals surface area contributed by atoms with Gasteiger partial charge < -0.3 is 21.1 Å². The van der Waals surface area contributed by atoms with Crippen molar-refractivity contribution in [2.75, 3.05) is 30.8 Å². The van der Waals surface area contributed by atoms with Crippen molar-refractivity contribution >= 4 is 17.3 Å². The molecule has 1 heterocycles. The monoisotopic (exact) mass is 281 g/mol. The number of halogens is 1. The molecule has 0 spiro atoms. The van der Waals surface area contributed by atoms with Crippen molar-refractivity contribution in [2.24, 2.45) is 11.7 Å². The van der Waals surface area contributed by atoms with Gasteiger partial charge in [0.2, 0.25) is 5.91 Å². The summed E-state index contributed by atoms with van der Waals surface area (Å²) in [5, 5.41) is 0. The summed E-state index contributed by atoms with van der Waals surface area (Å²) in [5.41, 5.74) is 11.7. The molecule has 1 aliphatic heterocycles. The smallest absolute Gasteiger partial charge is 0.217 e. The Bertz CT molecular complexity index is 499. The van der Waals surface area contributed by atoms with E-state index in [0.717, 1.165) is 12.8 Å². The van der Waals surface area contributed by atoms with Gasteiger partial charge >= 0.3 is 0 Å². The summed E-state index contributed by atoms with van der Waals surface area (Å²) in [6.45, 7) is 1.39. The summed E-state index contributed by atoms with van der Waals surface area (Å²) >= 11 is 0. The second-order valence-electron chi connectivity index (χ2n) is 5.15. The first kappa shape index (κ1) is 14.4. The summed E-state index contributed by atoms with van der Waals surface area (Å²) < 4.78 is 19.1. The van der Waals surface area contributed by atoms with E-state index in [9.17, 15) is 9.18 Å². The Kier molecular flexibility index (Phi) is 4.32. The van der Waals surface area contributed by atoms with E-state index in [1.807, 2.05) is 4.90 Å². The molecule has 0 unspecified atom stereocenters. The van der Waals surface area contributed by atoms with E-state index < -0.39 is 0 Å². The number of methoxy groups -OCH3 is 1. The van der Waals surface area contributed by atoms with Crippen molar-refractivity contribution < 1.29 is 13.9 Å². The van der Waals surface area contributed by atoms with Crippen molar-refractivity contribution in [3.8, 4) is 5.75 Å². The Hall–Kier alpha value is -1.98. The van der Waals surface area contributed by atoms with Gasteiger partial charge in [-0.15, -0.1) is 0 Å². The Morgan fingerprint density at radius 3 is 2.65 bits per heavy atom. The molecule has 110 valence electrons. The third-order valence-corrected chi connectivity index (χ3v) is 3.74. The van der Waals surface area contributed by atoms with Gasteiger partial charge in [-0.25, -0.2) is 4.39 Å². The van der Waals surface area contributed by atoms with E-state index in [1.165, 1.54) is 13.2 Å². The van der Waals surface area contributed by atoms with Crippen LogP contribution < -0.4 is 21.1 Å². The number of carbonyl (C=O) groups excluding carboxylic acids is 1. The predicted molar refractivity (Wildman–Crippen MR) is 76.1 cm³/mol. The first-order valence-electron chi connectivity index (χ1n) is 6.67. The SMILES string of the molecule is COc1cc(N2CCC(CC(N)=O)CC2)c(F)cc1N. The first-order chi connectivity index (χ1) is 9.51. The van der Waals surface area contributed by atoms with Crippen molar-refractivity contribution in [3.63, 3.8) is 0 Å². The summed E-state index contributed by atoms with van der Waals surface area (Å²) in [7, 11) is 1.51. The maximum atomic E-state index is 14.0. The van der Waals surface area contributed by atoms with Crippen molar-refractivity contribution in [2.45, 2.75) is 19.3 Å². The van der Waals surface area contributed by atoms with Crippen molar-refractivity contribution in [1.82, 2.24) is 0 Å². The van der Waals surface area contributed by atoms with Gasteiger partial charge in [0.15, 0.2) is 0 Å². The van der Waals surface area contributed by atoms with E-state index in [1.54, 1.807) is 6.07 Å². The number of carbonyl (C=O) groups is 1. The van der Waals surface area contributed by atoms with Crippen LogP contribution in [-0.4, -0.2) is 26.1 Å².